The highest BCUT2D eigenvalue weighted by molar-refractivity contribution is 5.83. The first-order valence-electron chi connectivity index (χ1n) is 25.5. The molecule has 4 aliphatic rings. The molecule has 0 radical (unpaired) electrons. The number of hydrogen-bond acceptors (Lipinski definition) is 18. The number of carbonyl (C=O) groups is 6. The van der Waals surface area contributed by atoms with Crippen molar-refractivity contribution in [2.75, 3.05) is 19.8 Å². The number of fused-ring (bicyclic) bond motifs is 4. The SMILES string of the molecule is CC(=O)N[C@H]1[C@@H](O[C@H](C)[C@H](NC(=O)OCC2c3ccccc3-c3ccccc32)C(=O)OC(C)(C)C)O[C@@H]2COC(c3ccccc3)O[C@@H]2[C@@H]1O[C@@H]1O[C@H](COCc2ccccc2)[C@H](OC(C)=O)[C@H](OC(C)=O)[C@H]1OC(C)=O. The average Bonchev–Trinajstić information content (AvgIpc) is 3.71. The third-order valence-corrected chi connectivity index (χ3v) is 13.1. The molecule has 0 saturated carbocycles. The molecule has 1 aliphatic carbocycles. The molecule has 1 unspecified atom stereocenters. The molecule has 2 amide bonds. The van der Waals surface area contributed by atoms with Crippen molar-refractivity contribution in [2.45, 2.75) is 153 Å². The molecule has 4 aromatic rings. The molecule has 3 fully saturated rings. The third kappa shape index (κ3) is 14.2. The molecule has 77 heavy (non-hydrogen) atoms. The lowest BCUT2D eigenvalue weighted by atomic mass is 9.94. The summed E-state index contributed by atoms with van der Waals surface area (Å²) in [6.45, 7) is 10.8. The number of esters is 4. The van der Waals surface area contributed by atoms with E-state index in [1.807, 2.05) is 84.9 Å². The monoisotopic (exact) mass is 1070 g/mol. The largest absolute Gasteiger partial charge is 0.458 e. The third-order valence-electron chi connectivity index (χ3n) is 13.1. The molecule has 0 aromatic heterocycles. The zero-order chi connectivity index (χ0) is 55.0. The van der Waals surface area contributed by atoms with E-state index in [1.54, 1.807) is 45.0 Å². The van der Waals surface area contributed by atoms with Gasteiger partial charge in [0.1, 0.15) is 42.7 Å². The lowest BCUT2D eigenvalue weighted by Gasteiger charge is -2.52. The fourth-order valence-electron chi connectivity index (χ4n) is 9.93. The van der Waals surface area contributed by atoms with Crippen molar-refractivity contribution >= 4 is 35.9 Å². The smallest absolute Gasteiger partial charge is 0.407 e. The predicted molar refractivity (Wildman–Crippen MR) is 271 cm³/mol. The number of nitrogens with one attached hydrogen (secondary N) is 2. The van der Waals surface area contributed by atoms with E-state index in [4.69, 9.17) is 56.8 Å². The predicted octanol–water partition coefficient (Wildman–Crippen LogP) is 6.11. The van der Waals surface area contributed by atoms with Gasteiger partial charge in [0.05, 0.1) is 25.9 Å². The van der Waals surface area contributed by atoms with E-state index in [0.717, 1.165) is 48.6 Å². The van der Waals surface area contributed by atoms with Gasteiger partial charge in [0.15, 0.2) is 43.2 Å². The Morgan fingerprint density at radius 1 is 0.662 bits per heavy atom. The van der Waals surface area contributed by atoms with Crippen molar-refractivity contribution in [3.05, 3.63) is 131 Å². The van der Waals surface area contributed by atoms with Crippen LogP contribution in [0.4, 0.5) is 4.79 Å². The van der Waals surface area contributed by atoms with Gasteiger partial charge in [-0.25, -0.2) is 9.59 Å². The molecule has 2 N–H and O–H groups in total. The lowest BCUT2D eigenvalue weighted by Crippen LogP contribution is -2.70. The minimum absolute atomic E-state index is 0.0595. The number of hydrogen-bond donors (Lipinski definition) is 2. The van der Waals surface area contributed by atoms with Gasteiger partial charge in [-0.05, 0) is 55.5 Å². The summed E-state index contributed by atoms with van der Waals surface area (Å²) in [6.07, 6.45) is -15.7. The summed E-state index contributed by atoms with van der Waals surface area (Å²) in [5, 5.41) is 5.54. The Morgan fingerprint density at radius 2 is 1.25 bits per heavy atom. The van der Waals surface area contributed by atoms with Gasteiger partial charge in [0, 0.05) is 39.2 Å². The summed E-state index contributed by atoms with van der Waals surface area (Å²) in [6, 6.07) is 31.1. The maximum absolute atomic E-state index is 14.2. The van der Waals surface area contributed by atoms with E-state index >= 15 is 0 Å². The molecule has 3 aliphatic heterocycles. The van der Waals surface area contributed by atoms with Gasteiger partial charge in [-0.3, -0.25) is 19.2 Å². The van der Waals surface area contributed by atoms with Gasteiger partial charge < -0.3 is 67.5 Å². The van der Waals surface area contributed by atoms with Gasteiger partial charge in [-0.15, -0.1) is 0 Å². The van der Waals surface area contributed by atoms with Crippen LogP contribution in [0.2, 0.25) is 0 Å². The van der Waals surface area contributed by atoms with E-state index < -0.39 is 121 Å². The maximum atomic E-state index is 14.2. The normalized spacial score (nSPS) is 26.5. The molecule has 4 aromatic carbocycles. The van der Waals surface area contributed by atoms with Crippen LogP contribution in [0.5, 0.6) is 0 Å². The molecule has 0 spiro atoms. The summed E-state index contributed by atoms with van der Waals surface area (Å²) in [5.74, 6) is -4.16. The van der Waals surface area contributed by atoms with Crippen LogP contribution in [0.15, 0.2) is 109 Å². The van der Waals surface area contributed by atoms with Crippen molar-refractivity contribution < 1.29 is 85.6 Å². The van der Waals surface area contributed by atoms with Crippen LogP contribution in [0.25, 0.3) is 11.1 Å². The summed E-state index contributed by atoms with van der Waals surface area (Å²) < 4.78 is 74.8. The molecular formula is C57H66N2O18. The Balaban J connectivity index is 1.11. The van der Waals surface area contributed by atoms with Crippen LogP contribution in [0.3, 0.4) is 0 Å². The van der Waals surface area contributed by atoms with Gasteiger partial charge >= 0.3 is 30.0 Å². The number of alkyl carbamates (subject to hydrolysis) is 1. The van der Waals surface area contributed by atoms with Crippen LogP contribution in [0.1, 0.15) is 89.9 Å². The van der Waals surface area contributed by atoms with E-state index in [2.05, 4.69) is 10.6 Å². The first-order chi connectivity index (χ1) is 36.8. The maximum Gasteiger partial charge on any atom is 0.407 e. The molecule has 13 atom stereocenters. The number of benzene rings is 4. The van der Waals surface area contributed by atoms with Crippen molar-refractivity contribution in [3.63, 3.8) is 0 Å². The van der Waals surface area contributed by atoms with Crippen LogP contribution >= 0.6 is 0 Å². The zero-order valence-electron chi connectivity index (χ0n) is 44.2. The highest BCUT2D eigenvalue weighted by atomic mass is 16.8. The van der Waals surface area contributed by atoms with Crippen LogP contribution in [-0.2, 0) is 87.4 Å². The Bertz CT molecular complexity index is 2660. The number of ether oxygens (including phenoxy) is 12. The second-order valence-electron chi connectivity index (χ2n) is 20.1. The highest BCUT2D eigenvalue weighted by Crippen LogP contribution is 2.45. The van der Waals surface area contributed by atoms with Crippen molar-refractivity contribution in [2.24, 2.45) is 0 Å². The van der Waals surface area contributed by atoms with Crippen molar-refractivity contribution in [3.8, 4) is 11.1 Å². The topological polar surface area (TPSA) is 237 Å². The van der Waals surface area contributed by atoms with E-state index in [0.29, 0.717) is 5.56 Å². The van der Waals surface area contributed by atoms with Crippen LogP contribution in [-0.4, -0.2) is 135 Å². The molecular weight excluding hydrogens is 1000 g/mol. The Labute approximate surface area is 446 Å². The summed E-state index contributed by atoms with van der Waals surface area (Å²) >= 11 is 0. The van der Waals surface area contributed by atoms with Crippen LogP contribution in [0, 0.1) is 0 Å². The fraction of sp³-hybridized carbons (Fsp3) is 0.474. The molecule has 8 rings (SSSR count). The average molecular weight is 1070 g/mol. The van der Waals surface area contributed by atoms with E-state index in [-0.39, 0.29) is 32.3 Å². The van der Waals surface area contributed by atoms with Crippen LogP contribution < -0.4 is 10.6 Å². The second-order valence-corrected chi connectivity index (χ2v) is 20.1. The van der Waals surface area contributed by atoms with E-state index in [1.165, 1.54) is 13.8 Å². The quantitative estimate of drug-likeness (QED) is 0.0845. The molecule has 3 saturated heterocycles. The zero-order valence-corrected chi connectivity index (χ0v) is 44.2. The standard InChI is InChI=1S/C57H66N2O18/c1-31(45(52(64)77-57(6,7)8)59-56(65)68-28-42-40-25-17-15-23-38(40)39-24-16-18-26-41(39)42)69-54-46(58-32(2)60)49(47-44(73-54)30-67-53(75-47)37-21-13-10-14-22-37)76-55-51(72-35(5)63)50(71-34(4)62)48(70-33(3)61)43(74-55)29-66-27-36-19-11-9-12-20-36/h9-26,31,42-51,53-55H,27-30H2,1-8H3,(H,58,60)(H,59,65)/t31-,43-,44-,45+,46-,47+,48+,49-,50+,51-,53?,54+,55+/m1/s1. The number of carbonyl (C=O) groups excluding carboxylic acids is 6. The number of amides is 2. The summed E-state index contributed by atoms with van der Waals surface area (Å²) in [4.78, 5) is 80.1. The van der Waals surface area contributed by atoms with Gasteiger partial charge in [-0.2, -0.15) is 0 Å². The molecule has 3 heterocycles. The highest BCUT2D eigenvalue weighted by Gasteiger charge is 2.58. The fourth-order valence-corrected chi connectivity index (χ4v) is 9.93. The molecule has 412 valence electrons. The van der Waals surface area contributed by atoms with E-state index in [9.17, 15) is 28.8 Å². The lowest BCUT2D eigenvalue weighted by molar-refractivity contribution is -0.381. The minimum atomic E-state index is -1.68. The first-order valence-corrected chi connectivity index (χ1v) is 25.5. The first kappa shape index (κ1) is 56.4. The Morgan fingerprint density at radius 3 is 1.86 bits per heavy atom. The van der Waals surface area contributed by atoms with Crippen molar-refractivity contribution in [1.82, 2.24) is 10.6 Å². The number of rotatable bonds is 18. The van der Waals surface area contributed by atoms with Crippen molar-refractivity contribution in [1.29, 1.82) is 0 Å². The molecule has 0 bridgehead atoms. The van der Waals surface area contributed by atoms with Gasteiger partial charge in [0.2, 0.25) is 5.91 Å². The van der Waals surface area contributed by atoms with Gasteiger partial charge in [-0.1, -0.05) is 109 Å². The Kier molecular flexibility index (Phi) is 18.4. The second kappa shape index (κ2) is 25.1. The molecule has 20 nitrogen and oxygen atoms in total. The Hall–Kier alpha value is -6.78. The minimum Gasteiger partial charge on any atom is -0.458 e. The summed E-state index contributed by atoms with van der Waals surface area (Å²) in [5.41, 5.74) is 4.45. The van der Waals surface area contributed by atoms with Gasteiger partial charge in [0.25, 0.3) is 0 Å². The molecule has 20 heteroatoms. The summed E-state index contributed by atoms with van der Waals surface area (Å²) in [7, 11) is 0.